The number of benzene rings is 2. The molecular weight excluding hydrogens is 362 g/mol. The van der Waals surface area contributed by atoms with Gasteiger partial charge >= 0.3 is 0 Å². The van der Waals surface area contributed by atoms with Crippen molar-refractivity contribution < 1.29 is 4.79 Å². The van der Waals surface area contributed by atoms with Crippen molar-refractivity contribution in [3.8, 4) is 0 Å². The van der Waals surface area contributed by atoms with Gasteiger partial charge in [0, 0.05) is 48.3 Å². The lowest BCUT2D eigenvalue weighted by Crippen LogP contribution is -2.34. The lowest BCUT2D eigenvalue weighted by Gasteiger charge is -2.21. The van der Waals surface area contributed by atoms with Gasteiger partial charge in [-0.2, -0.15) is 0 Å². The lowest BCUT2D eigenvalue weighted by molar-refractivity contribution is 0.0936. The molecule has 2 aromatic heterocycles. The van der Waals surface area contributed by atoms with Gasteiger partial charge in [0.05, 0.1) is 17.6 Å². The van der Waals surface area contributed by atoms with Gasteiger partial charge in [-0.15, -0.1) is 0 Å². The molecule has 5 rings (SSSR count). The summed E-state index contributed by atoms with van der Waals surface area (Å²) in [6.45, 7) is 6.01. The molecule has 1 fully saturated rings. The number of carbonyl (C=O) groups is 1. The molecule has 3 heterocycles. The minimum atomic E-state index is 0.192. The van der Waals surface area contributed by atoms with Gasteiger partial charge in [0.15, 0.2) is 5.78 Å². The van der Waals surface area contributed by atoms with Gasteiger partial charge in [0.2, 0.25) is 5.95 Å². The summed E-state index contributed by atoms with van der Waals surface area (Å²) in [6, 6.07) is 16.1. The summed E-state index contributed by atoms with van der Waals surface area (Å²) in [5, 5.41) is 1.02. The van der Waals surface area contributed by atoms with Crippen molar-refractivity contribution in [3.63, 3.8) is 0 Å². The Balaban J connectivity index is 1.29. The Morgan fingerprint density at radius 1 is 0.966 bits per heavy atom. The molecule has 0 atom stereocenters. The van der Waals surface area contributed by atoms with Crippen LogP contribution in [0.1, 0.15) is 22.5 Å². The van der Waals surface area contributed by atoms with Crippen LogP contribution in [0.5, 0.6) is 0 Å². The number of fused-ring (bicyclic) bond motifs is 2. The number of hydrogen-bond acceptors (Lipinski definition) is 4. The molecule has 6 heteroatoms. The first-order valence-corrected chi connectivity index (χ1v) is 10.2. The van der Waals surface area contributed by atoms with E-state index in [4.69, 9.17) is 4.98 Å². The van der Waals surface area contributed by atoms with Gasteiger partial charge in [0.25, 0.3) is 0 Å². The maximum absolute atomic E-state index is 13.1. The number of aryl methyl sites for hydroxylation is 1. The standard InChI is InChI=1S/C23H25N5O/c1-16-22(17-7-2-3-8-18(17)24-16)21(29)15-27-11-6-12-28(14-13-27)23-25-19-9-4-5-10-20(19)26-23/h2-5,7-10,24H,6,11-15H2,1H3,(H,25,26). The Kier molecular flexibility index (Phi) is 4.56. The third-order valence-electron chi connectivity index (χ3n) is 5.80. The smallest absolute Gasteiger partial charge is 0.203 e. The molecule has 1 aliphatic rings. The Bertz CT molecular complexity index is 1140. The van der Waals surface area contributed by atoms with E-state index in [1.807, 2.05) is 49.4 Å². The van der Waals surface area contributed by atoms with Crippen molar-refractivity contribution in [2.45, 2.75) is 13.3 Å². The van der Waals surface area contributed by atoms with Crippen LogP contribution in [-0.2, 0) is 0 Å². The van der Waals surface area contributed by atoms with E-state index in [9.17, 15) is 4.79 Å². The topological polar surface area (TPSA) is 68.0 Å². The van der Waals surface area contributed by atoms with E-state index in [2.05, 4.69) is 25.8 Å². The quantitative estimate of drug-likeness (QED) is 0.524. The minimum absolute atomic E-state index is 0.192. The Hall–Kier alpha value is -3.12. The number of ketones is 1. The second-order valence-corrected chi connectivity index (χ2v) is 7.79. The Labute approximate surface area is 169 Å². The summed E-state index contributed by atoms with van der Waals surface area (Å²) >= 11 is 0. The molecule has 2 N–H and O–H groups in total. The molecule has 0 aliphatic carbocycles. The van der Waals surface area contributed by atoms with E-state index in [1.54, 1.807) is 0 Å². The second-order valence-electron chi connectivity index (χ2n) is 7.79. The highest BCUT2D eigenvalue weighted by Crippen LogP contribution is 2.23. The van der Waals surface area contributed by atoms with Crippen LogP contribution in [0, 0.1) is 6.92 Å². The molecule has 0 saturated carbocycles. The average Bonchev–Trinajstić information content (AvgIpc) is 3.21. The summed E-state index contributed by atoms with van der Waals surface area (Å²) in [6.07, 6.45) is 1.01. The number of Topliss-reactive ketones (excluding diaryl/α,β-unsaturated/α-hetero) is 1. The first-order chi connectivity index (χ1) is 14.2. The zero-order valence-corrected chi connectivity index (χ0v) is 16.6. The van der Waals surface area contributed by atoms with Crippen molar-refractivity contribution in [1.29, 1.82) is 0 Å². The van der Waals surface area contributed by atoms with Gasteiger partial charge in [-0.05, 0) is 31.5 Å². The number of H-pyrrole nitrogens is 2. The number of para-hydroxylation sites is 3. The van der Waals surface area contributed by atoms with Crippen LogP contribution >= 0.6 is 0 Å². The zero-order valence-electron chi connectivity index (χ0n) is 16.6. The first kappa shape index (κ1) is 17.9. The number of aromatic nitrogens is 3. The normalized spacial score (nSPS) is 15.8. The predicted molar refractivity (Wildman–Crippen MR) is 117 cm³/mol. The predicted octanol–water partition coefficient (Wildman–Crippen LogP) is 3.75. The van der Waals surface area contributed by atoms with Crippen LogP contribution in [-0.4, -0.2) is 58.4 Å². The summed E-state index contributed by atoms with van der Waals surface area (Å²) in [4.78, 5) is 29.2. The van der Waals surface area contributed by atoms with Crippen molar-refractivity contribution in [1.82, 2.24) is 19.9 Å². The Morgan fingerprint density at radius 2 is 1.76 bits per heavy atom. The maximum atomic E-state index is 13.1. The fourth-order valence-corrected chi connectivity index (χ4v) is 4.35. The van der Waals surface area contributed by atoms with Crippen molar-refractivity contribution in [2.24, 2.45) is 0 Å². The van der Waals surface area contributed by atoms with Gasteiger partial charge in [-0.3, -0.25) is 9.69 Å². The molecule has 0 radical (unpaired) electrons. The number of nitrogens with one attached hydrogen (secondary N) is 2. The molecule has 0 amide bonds. The summed E-state index contributed by atoms with van der Waals surface area (Å²) < 4.78 is 0. The molecule has 2 aromatic carbocycles. The molecule has 0 spiro atoms. The third-order valence-corrected chi connectivity index (χ3v) is 5.80. The molecule has 1 saturated heterocycles. The highest BCUT2D eigenvalue weighted by Gasteiger charge is 2.22. The third kappa shape index (κ3) is 3.40. The van der Waals surface area contributed by atoms with Crippen LogP contribution in [0.15, 0.2) is 48.5 Å². The summed E-state index contributed by atoms with van der Waals surface area (Å²) in [5.74, 6) is 1.11. The van der Waals surface area contributed by atoms with Crippen molar-refractivity contribution in [3.05, 3.63) is 59.8 Å². The van der Waals surface area contributed by atoms with Gasteiger partial charge in [-0.25, -0.2) is 4.98 Å². The summed E-state index contributed by atoms with van der Waals surface area (Å²) in [7, 11) is 0. The summed E-state index contributed by atoms with van der Waals surface area (Å²) in [5.41, 5.74) is 4.87. The zero-order chi connectivity index (χ0) is 19.8. The fraction of sp³-hybridized carbons (Fsp3) is 0.304. The lowest BCUT2D eigenvalue weighted by atomic mass is 10.1. The van der Waals surface area contributed by atoms with Crippen LogP contribution in [0.4, 0.5) is 5.95 Å². The van der Waals surface area contributed by atoms with Crippen molar-refractivity contribution >= 4 is 33.7 Å². The number of imidazole rings is 1. The fourth-order valence-electron chi connectivity index (χ4n) is 4.35. The van der Waals surface area contributed by atoms with E-state index in [0.29, 0.717) is 6.54 Å². The van der Waals surface area contributed by atoms with Crippen molar-refractivity contribution in [2.75, 3.05) is 37.6 Å². The number of hydrogen-bond donors (Lipinski definition) is 2. The van der Waals surface area contributed by atoms with E-state index in [-0.39, 0.29) is 5.78 Å². The van der Waals surface area contributed by atoms with E-state index in [0.717, 1.165) is 71.7 Å². The number of carbonyl (C=O) groups excluding carboxylic acids is 1. The molecule has 0 unspecified atom stereocenters. The second kappa shape index (κ2) is 7.37. The Morgan fingerprint density at radius 3 is 2.62 bits per heavy atom. The molecule has 6 nitrogen and oxygen atoms in total. The van der Waals surface area contributed by atoms with Crippen LogP contribution in [0.3, 0.4) is 0 Å². The first-order valence-electron chi connectivity index (χ1n) is 10.2. The largest absolute Gasteiger partial charge is 0.358 e. The minimum Gasteiger partial charge on any atom is -0.358 e. The van der Waals surface area contributed by atoms with Crippen LogP contribution < -0.4 is 4.90 Å². The van der Waals surface area contributed by atoms with Gasteiger partial charge in [0.1, 0.15) is 0 Å². The SMILES string of the molecule is Cc1[nH]c2ccccc2c1C(=O)CN1CCCN(c2nc3ccccc3[nH]2)CC1. The van der Waals surface area contributed by atoms with Gasteiger partial charge in [-0.1, -0.05) is 30.3 Å². The maximum Gasteiger partial charge on any atom is 0.203 e. The van der Waals surface area contributed by atoms with Gasteiger partial charge < -0.3 is 14.9 Å². The molecule has 148 valence electrons. The molecule has 4 aromatic rings. The van der Waals surface area contributed by atoms with E-state index >= 15 is 0 Å². The number of rotatable bonds is 4. The van der Waals surface area contributed by atoms with E-state index in [1.165, 1.54) is 0 Å². The number of anilines is 1. The highest BCUT2D eigenvalue weighted by atomic mass is 16.1. The van der Waals surface area contributed by atoms with E-state index < -0.39 is 0 Å². The number of aromatic amines is 2. The molecule has 29 heavy (non-hydrogen) atoms. The van der Waals surface area contributed by atoms with Crippen LogP contribution in [0.25, 0.3) is 21.9 Å². The average molecular weight is 387 g/mol. The number of nitrogens with zero attached hydrogens (tertiary/aromatic N) is 3. The molecular formula is C23H25N5O. The highest BCUT2D eigenvalue weighted by molar-refractivity contribution is 6.10. The molecule has 1 aliphatic heterocycles. The monoisotopic (exact) mass is 387 g/mol. The van der Waals surface area contributed by atoms with Crippen LogP contribution in [0.2, 0.25) is 0 Å². The molecule has 0 bridgehead atoms.